The van der Waals surface area contributed by atoms with Gasteiger partial charge in [0.2, 0.25) is 0 Å². The fourth-order valence-corrected chi connectivity index (χ4v) is 3.24. The highest BCUT2D eigenvalue weighted by Crippen LogP contribution is 2.20. The molecule has 2 rings (SSSR count). The van der Waals surface area contributed by atoms with Gasteiger partial charge in [-0.3, -0.25) is 9.59 Å². The first-order chi connectivity index (χ1) is 11.1. The lowest BCUT2D eigenvalue weighted by atomic mass is 9.95. The number of nitrogens with one attached hydrogen (secondary N) is 1. The zero-order chi connectivity index (χ0) is 16.5. The van der Waals surface area contributed by atoms with E-state index in [0.29, 0.717) is 13.0 Å². The van der Waals surface area contributed by atoms with Crippen LogP contribution in [0.4, 0.5) is 0 Å². The fourth-order valence-electron chi connectivity index (χ4n) is 2.20. The van der Waals surface area contributed by atoms with E-state index in [2.05, 4.69) is 27.3 Å². The summed E-state index contributed by atoms with van der Waals surface area (Å²) < 4.78 is 6.12. The Labute approximate surface area is 149 Å². The summed E-state index contributed by atoms with van der Waals surface area (Å²) in [6.45, 7) is 0.352. The molecule has 0 saturated heterocycles. The normalized spacial score (nSPS) is 16.8. The monoisotopic (exact) mass is 397 g/mol. The van der Waals surface area contributed by atoms with Crippen LogP contribution in [0.3, 0.4) is 0 Å². The molecule has 23 heavy (non-hydrogen) atoms. The van der Waals surface area contributed by atoms with Crippen LogP contribution in [0.5, 0.6) is 0 Å². The summed E-state index contributed by atoms with van der Waals surface area (Å²) in [5, 5.41) is 2.76. The second-order valence-corrected chi connectivity index (χ2v) is 7.33. The van der Waals surface area contributed by atoms with E-state index in [9.17, 15) is 9.59 Å². The number of hydrogen-bond donors (Lipinski definition) is 1. The second-order valence-electron chi connectivity index (χ2n) is 5.24. The van der Waals surface area contributed by atoms with E-state index in [1.54, 1.807) is 11.8 Å². The van der Waals surface area contributed by atoms with Crippen molar-refractivity contribution in [2.75, 3.05) is 18.9 Å². The number of amides is 1. The first kappa shape index (κ1) is 18.1. The molecule has 4 nitrogen and oxygen atoms in total. The average Bonchev–Trinajstić information content (AvgIpc) is 2.59. The van der Waals surface area contributed by atoms with Crippen molar-refractivity contribution in [2.45, 2.75) is 24.2 Å². The summed E-state index contributed by atoms with van der Waals surface area (Å²) in [6, 6.07) is 8.02. The average molecular weight is 398 g/mol. The summed E-state index contributed by atoms with van der Waals surface area (Å²) in [6.07, 6.45) is 6.48. The van der Waals surface area contributed by atoms with Crippen molar-refractivity contribution in [3.8, 4) is 0 Å². The maximum Gasteiger partial charge on any atom is 0.309 e. The lowest BCUT2D eigenvalue weighted by molar-refractivity contribution is -0.152. The Kier molecular flexibility index (Phi) is 7.68. The van der Waals surface area contributed by atoms with Gasteiger partial charge < -0.3 is 10.1 Å². The predicted molar refractivity (Wildman–Crippen MR) is 95.3 cm³/mol. The molecular weight excluding hydrogens is 378 g/mol. The molecule has 124 valence electrons. The van der Waals surface area contributed by atoms with Crippen molar-refractivity contribution in [1.29, 1.82) is 0 Å². The summed E-state index contributed by atoms with van der Waals surface area (Å²) in [5.74, 6) is 0.157. The van der Waals surface area contributed by atoms with Crippen molar-refractivity contribution >= 4 is 39.6 Å². The van der Waals surface area contributed by atoms with Gasteiger partial charge in [-0.25, -0.2) is 0 Å². The van der Waals surface area contributed by atoms with Crippen LogP contribution in [-0.4, -0.2) is 30.8 Å². The van der Waals surface area contributed by atoms with Crippen molar-refractivity contribution < 1.29 is 14.3 Å². The van der Waals surface area contributed by atoms with Crippen LogP contribution in [0, 0.1) is 5.92 Å². The van der Waals surface area contributed by atoms with E-state index >= 15 is 0 Å². The molecule has 1 atom stereocenters. The first-order valence-electron chi connectivity index (χ1n) is 7.62. The van der Waals surface area contributed by atoms with Crippen molar-refractivity contribution in [2.24, 2.45) is 5.92 Å². The summed E-state index contributed by atoms with van der Waals surface area (Å²) >= 11 is 5.06. The molecule has 0 heterocycles. The molecular formula is C17H20BrNO3S. The van der Waals surface area contributed by atoms with Gasteiger partial charge in [0.15, 0.2) is 6.61 Å². The highest BCUT2D eigenvalue weighted by atomic mass is 79.9. The van der Waals surface area contributed by atoms with Crippen LogP contribution in [0.15, 0.2) is 45.8 Å². The molecule has 0 aliphatic heterocycles. The van der Waals surface area contributed by atoms with Crippen molar-refractivity contribution in [3.05, 3.63) is 40.9 Å². The van der Waals surface area contributed by atoms with Crippen LogP contribution in [-0.2, 0) is 14.3 Å². The van der Waals surface area contributed by atoms with Crippen LogP contribution < -0.4 is 5.32 Å². The largest absolute Gasteiger partial charge is 0.455 e. The highest BCUT2D eigenvalue weighted by Gasteiger charge is 2.20. The van der Waals surface area contributed by atoms with Gasteiger partial charge in [-0.05, 0) is 43.5 Å². The molecule has 0 radical (unpaired) electrons. The summed E-state index contributed by atoms with van der Waals surface area (Å²) in [7, 11) is 0. The molecule has 1 aromatic rings. The number of carbonyl (C=O) groups is 2. The summed E-state index contributed by atoms with van der Waals surface area (Å²) in [4.78, 5) is 24.6. The van der Waals surface area contributed by atoms with Gasteiger partial charge in [-0.1, -0.05) is 28.1 Å². The van der Waals surface area contributed by atoms with Crippen LogP contribution in [0.25, 0.3) is 0 Å². The number of benzene rings is 1. The van der Waals surface area contributed by atoms with Crippen molar-refractivity contribution in [1.82, 2.24) is 5.32 Å². The first-order valence-corrected chi connectivity index (χ1v) is 9.39. The van der Waals surface area contributed by atoms with E-state index in [-0.39, 0.29) is 24.4 Å². The van der Waals surface area contributed by atoms with Gasteiger partial charge in [0.1, 0.15) is 0 Å². The van der Waals surface area contributed by atoms with E-state index in [0.717, 1.165) is 28.0 Å². The lowest BCUT2D eigenvalue weighted by Gasteiger charge is -2.16. The van der Waals surface area contributed by atoms with E-state index < -0.39 is 0 Å². The molecule has 0 unspecified atom stereocenters. The molecule has 1 aliphatic rings. The van der Waals surface area contributed by atoms with Gasteiger partial charge in [-0.15, -0.1) is 11.8 Å². The zero-order valence-corrected chi connectivity index (χ0v) is 15.2. The SMILES string of the molecule is O=C(COC(=O)[C@@H]1CC=CCC1)NCCSc1ccc(Br)cc1. The molecule has 0 saturated carbocycles. The molecule has 1 aromatic carbocycles. The number of halogens is 1. The third-order valence-corrected chi connectivity index (χ3v) is 5.00. The minimum absolute atomic E-state index is 0.0965. The van der Waals surface area contributed by atoms with Crippen LogP contribution in [0.2, 0.25) is 0 Å². The number of allylic oxidation sites excluding steroid dienone is 2. The Balaban J connectivity index is 1.57. The number of thioether (sulfide) groups is 1. The third kappa shape index (κ3) is 6.79. The van der Waals surface area contributed by atoms with Crippen molar-refractivity contribution in [3.63, 3.8) is 0 Å². The smallest absolute Gasteiger partial charge is 0.309 e. The Hall–Kier alpha value is -1.27. The third-order valence-electron chi connectivity index (χ3n) is 3.45. The van der Waals surface area contributed by atoms with Crippen LogP contribution in [0.1, 0.15) is 19.3 Å². The maximum absolute atomic E-state index is 11.8. The molecule has 0 aromatic heterocycles. The Morgan fingerprint density at radius 3 is 2.74 bits per heavy atom. The number of hydrogen-bond acceptors (Lipinski definition) is 4. The molecule has 0 spiro atoms. The van der Waals surface area contributed by atoms with Gasteiger partial charge in [-0.2, -0.15) is 0 Å². The molecule has 0 fully saturated rings. The van der Waals surface area contributed by atoms with Gasteiger partial charge >= 0.3 is 5.97 Å². The highest BCUT2D eigenvalue weighted by molar-refractivity contribution is 9.10. The maximum atomic E-state index is 11.8. The molecule has 1 amide bonds. The predicted octanol–water partition coefficient (Wildman–Crippen LogP) is 3.56. The molecule has 1 aliphatic carbocycles. The standard InChI is InChI=1S/C17H20BrNO3S/c18-14-6-8-15(9-7-14)23-11-10-19-16(20)12-22-17(21)13-4-2-1-3-5-13/h1-2,6-9,13H,3-5,10-12H2,(H,19,20)/t13-/m1/s1. The second kappa shape index (κ2) is 9.78. The molecule has 6 heteroatoms. The quantitative estimate of drug-likeness (QED) is 0.330. The minimum Gasteiger partial charge on any atom is -0.455 e. The summed E-state index contributed by atoms with van der Waals surface area (Å²) in [5.41, 5.74) is 0. The minimum atomic E-state index is -0.270. The molecule has 0 bridgehead atoms. The fraction of sp³-hybridized carbons (Fsp3) is 0.412. The Morgan fingerprint density at radius 1 is 1.26 bits per heavy atom. The van der Waals surface area contributed by atoms with Gasteiger partial charge in [0.05, 0.1) is 5.92 Å². The van der Waals surface area contributed by atoms with Gasteiger partial charge in [0.25, 0.3) is 5.91 Å². The van der Waals surface area contributed by atoms with E-state index in [4.69, 9.17) is 4.74 Å². The Morgan fingerprint density at radius 2 is 2.04 bits per heavy atom. The number of rotatable bonds is 7. The number of ether oxygens (including phenoxy) is 1. The number of esters is 1. The topological polar surface area (TPSA) is 55.4 Å². The van der Waals surface area contributed by atoms with E-state index in [1.807, 2.05) is 30.3 Å². The molecule has 1 N–H and O–H groups in total. The van der Waals surface area contributed by atoms with E-state index in [1.165, 1.54) is 0 Å². The zero-order valence-electron chi connectivity index (χ0n) is 12.8. The van der Waals surface area contributed by atoms with Crippen LogP contribution >= 0.6 is 27.7 Å². The Bertz CT molecular complexity index is 559. The number of carbonyl (C=O) groups excluding carboxylic acids is 2. The lowest BCUT2D eigenvalue weighted by Crippen LogP contribution is -2.31. The van der Waals surface area contributed by atoms with Gasteiger partial charge in [0, 0.05) is 21.7 Å².